The average Bonchev–Trinajstić information content (AvgIpc) is 2.57. The quantitative estimate of drug-likeness (QED) is 0.806. The van der Waals surface area contributed by atoms with Crippen molar-refractivity contribution in [3.05, 3.63) is 47.8 Å². The lowest BCUT2D eigenvalue weighted by atomic mass is 10.1. The van der Waals surface area contributed by atoms with Crippen molar-refractivity contribution in [1.29, 1.82) is 0 Å². The van der Waals surface area contributed by atoms with Crippen LogP contribution in [0.5, 0.6) is 0 Å². The molecule has 128 valence electrons. The molecule has 0 aliphatic rings. The second-order valence-electron chi connectivity index (χ2n) is 5.62. The van der Waals surface area contributed by atoms with Gasteiger partial charge in [0, 0.05) is 13.1 Å². The summed E-state index contributed by atoms with van der Waals surface area (Å²) in [6, 6.07) is 9.49. The van der Waals surface area contributed by atoms with Gasteiger partial charge in [-0.2, -0.15) is 0 Å². The summed E-state index contributed by atoms with van der Waals surface area (Å²) in [7, 11) is 0. The molecule has 0 atom stereocenters. The lowest BCUT2D eigenvalue weighted by Crippen LogP contribution is -2.26. The molecule has 2 aromatic rings. The highest BCUT2D eigenvalue weighted by atomic mass is 19.1. The number of carbonyl (C=O) groups excluding carboxylic acids is 1. The van der Waals surface area contributed by atoms with Gasteiger partial charge < -0.3 is 10.2 Å². The van der Waals surface area contributed by atoms with Gasteiger partial charge in [0.2, 0.25) is 5.91 Å². The Morgan fingerprint density at radius 1 is 1.04 bits per heavy atom. The molecule has 0 spiro atoms. The molecular weight excluding hydrogens is 307 g/mol. The van der Waals surface area contributed by atoms with Gasteiger partial charge in [0.15, 0.2) is 11.6 Å². The predicted molar refractivity (Wildman–Crippen MR) is 93.6 cm³/mol. The molecule has 5 nitrogen and oxygen atoms in total. The van der Waals surface area contributed by atoms with Crippen LogP contribution >= 0.6 is 0 Å². The monoisotopic (exact) mass is 330 g/mol. The number of nitrogens with one attached hydrogen (secondary N) is 1. The van der Waals surface area contributed by atoms with E-state index in [1.165, 1.54) is 12.1 Å². The molecule has 2 rings (SSSR count). The molecule has 0 aliphatic heterocycles. The van der Waals surface area contributed by atoms with Crippen molar-refractivity contribution in [2.24, 2.45) is 0 Å². The first kappa shape index (κ1) is 17.8. The van der Waals surface area contributed by atoms with Gasteiger partial charge >= 0.3 is 0 Å². The van der Waals surface area contributed by atoms with Gasteiger partial charge in [-0.05, 0) is 42.7 Å². The number of hydrogen-bond acceptors (Lipinski definition) is 4. The van der Waals surface area contributed by atoms with Crippen molar-refractivity contribution < 1.29 is 9.18 Å². The zero-order chi connectivity index (χ0) is 17.4. The zero-order valence-corrected chi connectivity index (χ0v) is 14.1. The SMILES string of the molecule is CCCN(CCC)c1ccc(NC(=O)Cc2ccc(F)cc2)nn1. The number of nitrogens with zero attached hydrogens (tertiary/aromatic N) is 3. The van der Waals surface area contributed by atoms with Crippen LogP contribution in [-0.4, -0.2) is 29.2 Å². The summed E-state index contributed by atoms with van der Waals surface area (Å²) in [5.41, 5.74) is 0.746. The first-order chi connectivity index (χ1) is 11.6. The molecule has 1 aromatic carbocycles. The molecule has 0 fully saturated rings. The highest BCUT2D eigenvalue weighted by molar-refractivity contribution is 5.91. The van der Waals surface area contributed by atoms with Crippen LogP contribution in [-0.2, 0) is 11.2 Å². The summed E-state index contributed by atoms with van der Waals surface area (Å²) in [5.74, 6) is 0.709. The molecule has 1 N–H and O–H groups in total. The number of aromatic nitrogens is 2. The largest absolute Gasteiger partial charge is 0.355 e. The van der Waals surface area contributed by atoms with Crippen molar-refractivity contribution in [3.63, 3.8) is 0 Å². The second-order valence-corrected chi connectivity index (χ2v) is 5.62. The van der Waals surface area contributed by atoms with E-state index in [0.29, 0.717) is 5.82 Å². The Hall–Kier alpha value is -2.50. The van der Waals surface area contributed by atoms with Crippen molar-refractivity contribution in [2.45, 2.75) is 33.1 Å². The highest BCUT2D eigenvalue weighted by Crippen LogP contribution is 2.13. The summed E-state index contributed by atoms with van der Waals surface area (Å²) >= 11 is 0. The Bertz CT molecular complexity index is 637. The minimum atomic E-state index is -0.315. The van der Waals surface area contributed by atoms with Crippen LogP contribution in [0.15, 0.2) is 36.4 Å². The van der Waals surface area contributed by atoms with Crippen LogP contribution in [0.25, 0.3) is 0 Å². The maximum absolute atomic E-state index is 12.9. The lowest BCUT2D eigenvalue weighted by Gasteiger charge is -2.21. The van der Waals surface area contributed by atoms with Gasteiger partial charge in [0.05, 0.1) is 6.42 Å². The van der Waals surface area contributed by atoms with Gasteiger partial charge in [0.1, 0.15) is 5.82 Å². The fourth-order valence-electron chi connectivity index (χ4n) is 2.42. The maximum Gasteiger partial charge on any atom is 0.229 e. The van der Waals surface area contributed by atoms with Crippen LogP contribution in [0.3, 0.4) is 0 Å². The van der Waals surface area contributed by atoms with E-state index in [9.17, 15) is 9.18 Å². The minimum Gasteiger partial charge on any atom is -0.355 e. The second kappa shape index (κ2) is 8.96. The van der Waals surface area contributed by atoms with E-state index >= 15 is 0 Å². The van der Waals surface area contributed by atoms with Gasteiger partial charge in [-0.3, -0.25) is 4.79 Å². The van der Waals surface area contributed by atoms with E-state index in [-0.39, 0.29) is 18.1 Å². The molecule has 24 heavy (non-hydrogen) atoms. The van der Waals surface area contributed by atoms with Gasteiger partial charge in [0.25, 0.3) is 0 Å². The summed E-state index contributed by atoms with van der Waals surface area (Å²) < 4.78 is 12.9. The van der Waals surface area contributed by atoms with Gasteiger partial charge in [-0.1, -0.05) is 26.0 Å². The molecule has 0 unspecified atom stereocenters. The highest BCUT2D eigenvalue weighted by Gasteiger charge is 2.09. The standard InChI is InChI=1S/C18H23FN4O/c1-3-11-23(12-4-2)17-10-9-16(21-22-17)20-18(24)13-14-5-7-15(19)8-6-14/h5-10H,3-4,11-13H2,1-2H3,(H,20,21,24). The van der Waals surface area contributed by atoms with Crippen molar-refractivity contribution in [1.82, 2.24) is 10.2 Å². The molecule has 0 bridgehead atoms. The van der Waals surface area contributed by atoms with Crippen LogP contribution in [0.2, 0.25) is 0 Å². The predicted octanol–water partition coefficient (Wildman–Crippen LogP) is 3.42. The summed E-state index contributed by atoms with van der Waals surface area (Å²) in [5, 5.41) is 11.0. The normalized spacial score (nSPS) is 10.5. The summed E-state index contributed by atoms with van der Waals surface area (Å²) in [6.45, 7) is 6.11. The van der Waals surface area contributed by atoms with Crippen LogP contribution in [0.4, 0.5) is 16.0 Å². The average molecular weight is 330 g/mol. The van der Waals surface area contributed by atoms with Crippen molar-refractivity contribution in [3.8, 4) is 0 Å². The molecule has 1 amide bonds. The maximum atomic E-state index is 12.9. The fraction of sp³-hybridized carbons (Fsp3) is 0.389. The Balaban J connectivity index is 1.95. The van der Waals surface area contributed by atoms with Crippen LogP contribution < -0.4 is 10.2 Å². The molecule has 0 aliphatic carbocycles. The minimum absolute atomic E-state index is 0.168. The number of rotatable bonds is 8. The Labute approximate surface area is 141 Å². The number of benzene rings is 1. The molecule has 0 saturated heterocycles. The fourth-order valence-corrected chi connectivity index (χ4v) is 2.42. The zero-order valence-electron chi connectivity index (χ0n) is 14.1. The lowest BCUT2D eigenvalue weighted by molar-refractivity contribution is -0.115. The Kier molecular flexibility index (Phi) is 6.66. The summed E-state index contributed by atoms with van der Waals surface area (Å²) in [6.07, 6.45) is 2.25. The number of anilines is 2. The Morgan fingerprint density at radius 3 is 2.25 bits per heavy atom. The van der Waals surface area contributed by atoms with Gasteiger partial charge in [-0.25, -0.2) is 4.39 Å². The molecule has 1 aromatic heterocycles. The number of carbonyl (C=O) groups is 1. The first-order valence-corrected chi connectivity index (χ1v) is 8.25. The summed E-state index contributed by atoms with van der Waals surface area (Å²) in [4.78, 5) is 14.2. The van der Waals surface area contributed by atoms with Crippen LogP contribution in [0, 0.1) is 5.82 Å². The number of amides is 1. The molecule has 0 saturated carbocycles. The van der Waals surface area contributed by atoms with Crippen LogP contribution in [0.1, 0.15) is 32.3 Å². The van der Waals surface area contributed by atoms with E-state index in [4.69, 9.17) is 0 Å². The van der Waals surface area contributed by atoms with E-state index in [1.807, 2.05) is 6.07 Å². The number of halogens is 1. The van der Waals surface area contributed by atoms with E-state index < -0.39 is 0 Å². The van der Waals surface area contributed by atoms with Crippen molar-refractivity contribution >= 4 is 17.5 Å². The molecule has 6 heteroatoms. The van der Waals surface area contributed by atoms with Gasteiger partial charge in [-0.15, -0.1) is 10.2 Å². The third-order valence-corrected chi connectivity index (χ3v) is 3.51. The Morgan fingerprint density at radius 2 is 1.71 bits per heavy atom. The molecular formula is C18H23FN4O. The number of hydrogen-bond donors (Lipinski definition) is 1. The molecule has 0 radical (unpaired) electrons. The van der Waals surface area contributed by atoms with Crippen molar-refractivity contribution in [2.75, 3.05) is 23.3 Å². The van der Waals surface area contributed by atoms with E-state index in [1.54, 1.807) is 18.2 Å². The topological polar surface area (TPSA) is 58.1 Å². The molecule has 1 heterocycles. The van der Waals surface area contributed by atoms with E-state index in [2.05, 4.69) is 34.3 Å². The third kappa shape index (κ3) is 5.30. The first-order valence-electron chi connectivity index (χ1n) is 8.25. The van der Waals surface area contributed by atoms with E-state index in [0.717, 1.165) is 37.3 Å². The smallest absolute Gasteiger partial charge is 0.229 e. The third-order valence-electron chi connectivity index (χ3n) is 3.51.